The predicted molar refractivity (Wildman–Crippen MR) is 209 cm³/mol. The minimum Gasteiger partial charge on any atom is -0.393 e. The van der Waals surface area contributed by atoms with Crippen LogP contribution in [0.4, 0.5) is 0 Å². The lowest BCUT2D eigenvalue weighted by Crippen LogP contribution is -2.50. The van der Waals surface area contributed by atoms with Crippen LogP contribution in [0.2, 0.25) is 0 Å². The Labute approximate surface area is 307 Å². The molecule has 1 aliphatic rings. The van der Waals surface area contributed by atoms with Crippen molar-refractivity contribution in [2.75, 3.05) is 6.61 Å². The monoisotopic (exact) mass is 714 g/mol. The van der Waals surface area contributed by atoms with Crippen LogP contribution in [-0.2, 0) is 4.74 Å². The highest BCUT2D eigenvalue weighted by Gasteiger charge is 2.33. The molecule has 0 fully saturated rings. The maximum Gasteiger partial charge on any atom is 0.112 e. The molecule has 0 saturated carbocycles. The van der Waals surface area contributed by atoms with E-state index in [2.05, 4.69) is 12.2 Å². The zero-order valence-electron chi connectivity index (χ0n) is 31.8. The fraction of sp³-hybridized carbons (Fsp3) is 0.927. The van der Waals surface area contributed by atoms with Crippen molar-refractivity contribution in [1.82, 2.24) is 5.32 Å². The number of hydrogen-bond acceptors (Lipinski definition) is 7. The molecule has 7 nitrogen and oxygen atoms in total. The molecule has 0 amide bonds. The Morgan fingerprint density at radius 2 is 1.14 bits per heavy atom. The van der Waals surface area contributed by atoms with Crippen LogP contribution in [0.15, 0.2) is 12.2 Å². The highest BCUT2D eigenvalue weighted by molar-refractivity contribution is 7.80. The molecule has 0 radical (unpaired) electrons. The molecule has 0 aliphatic heterocycles. The van der Waals surface area contributed by atoms with Gasteiger partial charge in [-0.2, -0.15) is 0 Å². The van der Waals surface area contributed by atoms with Crippen LogP contribution in [0.25, 0.3) is 0 Å². The number of nitrogens with one attached hydrogen (secondary N) is 1. The Kier molecular flexibility index (Phi) is 30.4. The van der Waals surface area contributed by atoms with E-state index in [1.54, 1.807) is 6.08 Å². The SMILES string of the molecule is CCCCCCCCCCCCCCCCCCCCCCCCCC(=S)NC(COC1/C=C\CCC(O)C(O)C1O)C(O)CC(O)CC. The van der Waals surface area contributed by atoms with Gasteiger partial charge in [-0.1, -0.05) is 179 Å². The fourth-order valence-electron chi connectivity index (χ4n) is 6.78. The molecule has 8 heteroatoms. The molecule has 1 aliphatic carbocycles. The van der Waals surface area contributed by atoms with Crippen LogP contribution in [0, 0.1) is 0 Å². The average molecular weight is 714 g/mol. The molecular formula is C41H79NO6S. The molecule has 49 heavy (non-hydrogen) atoms. The van der Waals surface area contributed by atoms with E-state index in [0.717, 1.165) is 19.3 Å². The van der Waals surface area contributed by atoms with E-state index in [-0.39, 0.29) is 13.0 Å². The average Bonchev–Trinajstić information content (AvgIpc) is 3.09. The lowest BCUT2D eigenvalue weighted by Gasteiger charge is -2.32. The van der Waals surface area contributed by atoms with Crippen molar-refractivity contribution in [2.45, 2.75) is 236 Å². The van der Waals surface area contributed by atoms with Crippen LogP contribution < -0.4 is 5.32 Å². The maximum atomic E-state index is 10.9. The second-order valence-corrected chi connectivity index (χ2v) is 15.4. The van der Waals surface area contributed by atoms with Crippen LogP contribution in [-0.4, -0.2) is 79.8 Å². The molecule has 7 atom stereocenters. The fourth-order valence-corrected chi connectivity index (χ4v) is 7.08. The Bertz CT molecular complexity index is 785. The van der Waals surface area contributed by atoms with Gasteiger partial charge in [0.05, 0.1) is 35.9 Å². The summed E-state index contributed by atoms with van der Waals surface area (Å²) >= 11 is 5.61. The lowest BCUT2D eigenvalue weighted by molar-refractivity contribution is -0.117. The minimum absolute atomic E-state index is 0.0338. The van der Waals surface area contributed by atoms with Gasteiger partial charge in [0, 0.05) is 6.42 Å². The van der Waals surface area contributed by atoms with Gasteiger partial charge < -0.3 is 35.6 Å². The Balaban J connectivity index is 2.10. The zero-order valence-corrected chi connectivity index (χ0v) is 32.6. The molecule has 0 heterocycles. The summed E-state index contributed by atoms with van der Waals surface area (Å²) in [6.45, 7) is 4.19. The first-order chi connectivity index (χ1) is 23.8. The third kappa shape index (κ3) is 25.1. The highest BCUT2D eigenvalue weighted by Crippen LogP contribution is 2.19. The second kappa shape index (κ2) is 32.1. The van der Waals surface area contributed by atoms with Gasteiger partial charge >= 0.3 is 0 Å². The summed E-state index contributed by atoms with van der Waals surface area (Å²) in [5.74, 6) is 0. The molecule has 0 aromatic heterocycles. The van der Waals surface area contributed by atoms with Crippen molar-refractivity contribution in [3.63, 3.8) is 0 Å². The molecule has 0 saturated heterocycles. The standard InChI is InChI=1S/C41H79NO6S/c1-3-5-6-7-8-9-10-11-12-13-14-15-16-17-18-19-20-21-22-23-24-25-26-31-39(49)42-35(37(45)32-34(43)4-2)33-48-38-30-28-27-29-36(44)40(46)41(38)47/h28,30,34-38,40-41,43-47H,3-27,29,31-33H2,1-2H3,(H,42,49)/b30-28-. The molecule has 7 unspecified atom stereocenters. The number of allylic oxidation sites excluding steroid dienone is 1. The van der Waals surface area contributed by atoms with Gasteiger partial charge in [0.1, 0.15) is 18.3 Å². The van der Waals surface area contributed by atoms with Gasteiger partial charge in [-0.05, 0) is 32.1 Å². The quantitative estimate of drug-likeness (QED) is 0.0232. The summed E-state index contributed by atoms with van der Waals surface area (Å²) in [5, 5.41) is 55.1. The van der Waals surface area contributed by atoms with Crippen molar-refractivity contribution in [3.8, 4) is 0 Å². The first-order valence-corrected chi connectivity index (χ1v) is 21.2. The summed E-state index contributed by atoms with van der Waals surface area (Å²) in [6.07, 6.45) is 31.2. The van der Waals surface area contributed by atoms with E-state index in [0.29, 0.717) is 24.3 Å². The van der Waals surface area contributed by atoms with E-state index in [4.69, 9.17) is 17.0 Å². The maximum absolute atomic E-state index is 10.9. The van der Waals surface area contributed by atoms with Crippen LogP contribution in [0.1, 0.15) is 194 Å². The van der Waals surface area contributed by atoms with Gasteiger partial charge in [-0.15, -0.1) is 0 Å². The van der Waals surface area contributed by atoms with E-state index >= 15 is 0 Å². The molecular weight excluding hydrogens is 635 g/mol. The van der Waals surface area contributed by atoms with Crippen molar-refractivity contribution in [2.24, 2.45) is 0 Å². The largest absolute Gasteiger partial charge is 0.393 e. The molecule has 0 aromatic carbocycles. The smallest absolute Gasteiger partial charge is 0.112 e. The van der Waals surface area contributed by atoms with Gasteiger partial charge in [-0.3, -0.25) is 0 Å². The number of thiocarbonyl (C=S) groups is 1. The summed E-state index contributed by atoms with van der Waals surface area (Å²) < 4.78 is 5.93. The first-order valence-electron chi connectivity index (χ1n) is 20.8. The lowest BCUT2D eigenvalue weighted by atomic mass is 9.96. The number of aliphatic hydroxyl groups excluding tert-OH is 5. The number of unbranched alkanes of at least 4 members (excludes halogenated alkanes) is 22. The third-order valence-electron chi connectivity index (χ3n) is 10.3. The summed E-state index contributed by atoms with van der Waals surface area (Å²) in [5.41, 5.74) is 0. The minimum atomic E-state index is -1.31. The third-order valence-corrected chi connectivity index (χ3v) is 10.6. The van der Waals surface area contributed by atoms with Gasteiger partial charge in [-0.25, -0.2) is 0 Å². The van der Waals surface area contributed by atoms with Gasteiger partial charge in [0.25, 0.3) is 0 Å². The molecule has 1 rings (SSSR count). The second-order valence-electron chi connectivity index (χ2n) is 14.9. The van der Waals surface area contributed by atoms with E-state index < -0.39 is 42.7 Å². The van der Waals surface area contributed by atoms with Crippen LogP contribution in [0.5, 0.6) is 0 Å². The number of aliphatic hydroxyl groups is 5. The molecule has 0 spiro atoms. The van der Waals surface area contributed by atoms with E-state index in [1.165, 1.54) is 135 Å². The first kappa shape index (κ1) is 46.4. The Morgan fingerprint density at radius 3 is 1.59 bits per heavy atom. The highest BCUT2D eigenvalue weighted by atomic mass is 32.1. The molecule has 0 aromatic rings. The van der Waals surface area contributed by atoms with E-state index in [1.807, 2.05) is 13.0 Å². The Morgan fingerprint density at radius 1 is 0.694 bits per heavy atom. The molecule has 0 bridgehead atoms. The number of hydrogen-bond donors (Lipinski definition) is 6. The normalized spacial score (nSPS) is 22.3. The van der Waals surface area contributed by atoms with Crippen LogP contribution in [0.3, 0.4) is 0 Å². The van der Waals surface area contributed by atoms with Crippen molar-refractivity contribution < 1.29 is 30.3 Å². The molecule has 290 valence electrons. The Hall–Kier alpha value is -0.610. The van der Waals surface area contributed by atoms with Crippen molar-refractivity contribution >= 4 is 17.2 Å². The van der Waals surface area contributed by atoms with Gasteiger partial charge in [0.2, 0.25) is 0 Å². The summed E-state index contributed by atoms with van der Waals surface area (Å²) in [4.78, 5) is 0.659. The predicted octanol–water partition coefficient (Wildman–Crippen LogP) is 8.99. The van der Waals surface area contributed by atoms with Gasteiger partial charge in [0.15, 0.2) is 0 Å². The number of rotatable bonds is 32. The van der Waals surface area contributed by atoms with E-state index in [9.17, 15) is 25.5 Å². The van der Waals surface area contributed by atoms with Crippen molar-refractivity contribution in [1.29, 1.82) is 0 Å². The number of ether oxygens (including phenoxy) is 1. The van der Waals surface area contributed by atoms with Crippen LogP contribution >= 0.6 is 12.2 Å². The topological polar surface area (TPSA) is 122 Å². The van der Waals surface area contributed by atoms with Crippen molar-refractivity contribution in [3.05, 3.63) is 12.2 Å². The summed E-state index contributed by atoms with van der Waals surface area (Å²) in [6, 6.07) is -0.564. The zero-order chi connectivity index (χ0) is 36.0. The summed E-state index contributed by atoms with van der Waals surface area (Å²) in [7, 11) is 0. The molecule has 6 N–H and O–H groups in total.